The van der Waals surface area contributed by atoms with E-state index in [9.17, 15) is 19.2 Å². The lowest BCUT2D eigenvalue weighted by Gasteiger charge is -2.28. The molecule has 178 valence electrons. The first-order valence-electron chi connectivity index (χ1n) is 12.2. The van der Waals surface area contributed by atoms with Crippen LogP contribution in [0.5, 0.6) is 0 Å². The molecule has 2 aromatic heterocycles. The molecule has 34 heavy (non-hydrogen) atoms. The van der Waals surface area contributed by atoms with Gasteiger partial charge in [-0.2, -0.15) is 0 Å². The summed E-state index contributed by atoms with van der Waals surface area (Å²) in [5, 5.41) is 0.741. The summed E-state index contributed by atoms with van der Waals surface area (Å²) in [6, 6.07) is 10.3. The fraction of sp³-hybridized carbons (Fsp3) is 0.429. The van der Waals surface area contributed by atoms with Crippen LogP contribution in [0.4, 0.5) is 0 Å². The van der Waals surface area contributed by atoms with Crippen LogP contribution in [-0.4, -0.2) is 9.13 Å². The number of hydrogen-bond donors (Lipinski definition) is 0. The van der Waals surface area contributed by atoms with Crippen LogP contribution in [-0.2, 0) is 5.54 Å². The molecule has 2 unspecified atom stereocenters. The highest BCUT2D eigenvalue weighted by molar-refractivity contribution is 5.98. The third-order valence-electron chi connectivity index (χ3n) is 7.42. The lowest BCUT2D eigenvalue weighted by Crippen LogP contribution is -2.42. The van der Waals surface area contributed by atoms with Gasteiger partial charge in [0.1, 0.15) is 0 Å². The van der Waals surface area contributed by atoms with Crippen molar-refractivity contribution in [3.63, 3.8) is 0 Å². The van der Waals surface area contributed by atoms with Crippen LogP contribution >= 0.6 is 0 Å². The summed E-state index contributed by atoms with van der Waals surface area (Å²) in [5.74, 6) is 0.394. The molecular formula is C28H32N2O4. The van der Waals surface area contributed by atoms with Crippen LogP contribution in [0.1, 0.15) is 78.2 Å². The molecule has 0 aliphatic carbocycles. The molecule has 0 saturated heterocycles. The lowest BCUT2D eigenvalue weighted by atomic mass is 9.93. The minimum atomic E-state index is -0.608. The Balaban J connectivity index is 1.92. The summed E-state index contributed by atoms with van der Waals surface area (Å²) in [4.78, 5) is 53.1. The van der Waals surface area contributed by atoms with Crippen molar-refractivity contribution in [3.8, 4) is 5.69 Å². The van der Waals surface area contributed by atoms with Crippen LogP contribution in [0.15, 0.2) is 55.6 Å². The summed E-state index contributed by atoms with van der Waals surface area (Å²) in [6.07, 6.45) is 4.29. The number of benzene rings is 2. The van der Waals surface area contributed by atoms with Crippen molar-refractivity contribution in [3.05, 3.63) is 83.4 Å². The maximum atomic E-state index is 13.3. The molecular weight excluding hydrogens is 428 g/mol. The fourth-order valence-electron chi connectivity index (χ4n) is 5.24. The zero-order chi connectivity index (χ0) is 24.8. The molecule has 2 aromatic carbocycles. The molecule has 0 fully saturated rings. The Hall–Kier alpha value is -3.28. The Bertz CT molecular complexity index is 1490. The zero-order valence-corrected chi connectivity index (χ0v) is 20.6. The molecule has 0 bridgehead atoms. The summed E-state index contributed by atoms with van der Waals surface area (Å²) in [5.41, 5.74) is -0.695. The van der Waals surface area contributed by atoms with Crippen molar-refractivity contribution in [2.45, 2.75) is 78.2 Å². The molecule has 6 heteroatoms. The van der Waals surface area contributed by atoms with Gasteiger partial charge in [-0.05, 0) is 61.9 Å². The van der Waals surface area contributed by atoms with Gasteiger partial charge in [-0.3, -0.25) is 23.7 Å². The van der Waals surface area contributed by atoms with E-state index in [4.69, 9.17) is 0 Å². The molecule has 4 rings (SSSR count). The quantitative estimate of drug-likeness (QED) is 0.381. The number of hydrogen-bond acceptors (Lipinski definition) is 4. The highest BCUT2D eigenvalue weighted by atomic mass is 16.2. The molecule has 0 spiro atoms. The molecule has 6 nitrogen and oxygen atoms in total. The molecule has 2 atom stereocenters. The fourth-order valence-corrected chi connectivity index (χ4v) is 5.24. The van der Waals surface area contributed by atoms with Gasteiger partial charge in [0.2, 0.25) is 0 Å². The number of rotatable bonds is 8. The van der Waals surface area contributed by atoms with Crippen molar-refractivity contribution in [1.29, 1.82) is 0 Å². The predicted molar refractivity (Wildman–Crippen MR) is 138 cm³/mol. The minimum Gasteiger partial charge on any atom is -0.269 e. The van der Waals surface area contributed by atoms with Crippen LogP contribution < -0.4 is 22.2 Å². The first-order chi connectivity index (χ1) is 16.2. The standard InChI is InChI=1S/C28H32N2O4/c1-6-9-17(4)18-10-12-19(13-11-18)29-24(31)20-15-22-23(16-21(20)25(29)32)27(34)30(26(22)33)28(5,8-3)14-7-2/h10-13,15-17H,6-9,14H2,1-5H3. The van der Waals surface area contributed by atoms with Crippen molar-refractivity contribution in [1.82, 2.24) is 9.13 Å². The van der Waals surface area contributed by atoms with Gasteiger partial charge >= 0.3 is 0 Å². The first kappa shape index (κ1) is 23.9. The summed E-state index contributed by atoms with van der Waals surface area (Å²) in [6.45, 7) is 10.2. The maximum Gasteiger partial charge on any atom is 0.266 e. The highest BCUT2D eigenvalue weighted by Crippen LogP contribution is 2.26. The van der Waals surface area contributed by atoms with Gasteiger partial charge in [0.15, 0.2) is 0 Å². The van der Waals surface area contributed by atoms with E-state index in [0.29, 0.717) is 24.4 Å². The van der Waals surface area contributed by atoms with Gasteiger partial charge in [0, 0.05) is 5.54 Å². The molecule has 0 aliphatic rings. The molecule has 0 amide bonds. The van der Waals surface area contributed by atoms with Crippen molar-refractivity contribution in [2.24, 2.45) is 0 Å². The van der Waals surface area contributed by atoms with E-state index >= 15 is 0 Å². The smallest absolute Gasteiger partial charge is 0.266 e. The topological polar surface area (TPSA) is 78.1 Å². The van der Waals surface area contributed by atoms with Gasteiger partial charge in [0.25, 0.3) is 22.2 Å². The van der Waals surface area contributed by atoms with Gasteiger partial charge in [-0.1, -0.05) is 52.7 Å². The Morgan fingerprint density at radius 1 is 0.765 bits per heavy atom. The summed E-state index contributed by atoms with van der Waals surface area (Å²) < 4.78 is 2.45. The van der Waals surface area contributed by atoms with E-state index in [-0.39, 0.29) is 21.5 Å². The first-order valence-corrected chi connectivity index (χ1v) is 12.2. The third kappa shape index (κ3) is 3.56. The highest BCUT2D eigenvalue weighted by Gasteiger charge is 2.30. The monoisotopic (exact) mass is 460 g/mol. The van der Waals surface area contributed by atoms with E-state index in [1.54, 1.807) is 12.1 Å². The van der Waals surface area contributed by atoms with E-state index in [0.717, 1.165) is 29.4 Å². The Morgan fingerprint density at radius 2 is 1.26 bits per heavy atom. The normalized spacial score (nSPS) is 14.6. The van der Waals surface area contributed by atoms with E-state index in [2.05, 4.69) is 13.8 Å². The number of aromatic nitrogens is 2. The Kier molecular flexibility index (Phi) is 6.19. The third-order valence-corrected chi connectivity index (χ3v) is 7.42. The number of fused-ring (bicyclic) bond motifs is 2. The average Bonchev–Trinajstić information content (AvgIpc) is 3.22. The van der Waals surface area contributed by atoms with Crippen molar-refractivity contribution < 1.29 is 0 Å². The molecule has 0 aliphatic heterocycles. The van der Waals surface area contributed by atoms with Crippen molar-refractivity contribution in [2.75, 3.05) is 0 Å². The van der Waals surface area contributed by atoms with Gasteiger partial charge in [-0.15, -0.1) is 0 Å². The second-order valence-corrected chi connectivity index (χ2v) is 9.72. The van der Waals surface area contributed by atoms with Crippen LogP contribution in [0, 0.1) is 0 Å². The molecule has 0 saturated carbocycles. The van der Waals surface area contributed by atoms with E-state index < -0.39 is 27.8 Å². The Labute approximate surface area is 198 Å². The van der Waals surface area contributed by atoms with Gasteiger partial charge in [-0.25, -0.2) is 4.57 Å². The second-order valence-electron chi connectivity index (χ2n) is 9.72. The molecule has 0 radical (unpaired) electrons. The Morgan fingerprint density at radius 3 is 1.71 bits per heavy atom. The lowest BCUT2D eigenvalue weighted by molar-refractivity contribution is 0.268. The minimum absolute atomic E-state index is 0.170. The average molecular weight is 461 g/mol. The van der Waals surface area contributed by atoms with Crippen LogP contribution in [0.3, 0.4) is 0 Å². The summed E-state index contributed by atoms with van der Waals surface area (Å²) >= 11 is 0. The van der Waals surface area contributed by atoms with Crippen molar-refractivity contribution >= 4 is 21.5 Å². The second kappa shape index (κ2) is 8.82. The van der Waals surface area contributed by atoms with Crippen LogP contribution in [0.25, 0.3) is 27.2 Å². The van der Waals surface area contributed by atoms with Gasteiger partial charge in [0.05, 0.1) is 27.2 Å². The number of nitrogens with zero attached hydrogens (tertiary/aromatic N) is 2. The molecule has 2 heterocycles. The van der Waals surface area contributed by atoms with Crippen LogP contribution in [0.2, 0.25) is 0 Å². The SMILES string of the molecule is CCCC(C)c1ccc(-n2c(=O)c3cc4c(=O)n(C(C)(CC)CCC)c(=O)c4cc3c2=O)cc1. The van der Waals surface area contributed by atoms with E-state index in [1.165, 1.54) is 16.7 Å². The molecule has 0 N–H and O–H groups in total. The predicted octanol–water partition coefficient (Wildman–Crippen LogP) is 4.73. The molecule has 4 aromatic rings. The van der Waals surface area contributed by atoms with Gasteiger partial charge < -0.3 is 0 Å². The maximum absolute atomic E-state index is 13.3. The van der Waals surface area contributed by atoms with E-state index in [1.807, 2.05) is 32.9 Å². The largest absolute Gasteiger partial charge is 0.269 e. The zero-order valence-electron chi connectivity index (χ0n) is 20.6. The summed E-state index contributed by atoms with van der Waals surface area (Å²) in [7, 11) is 0.